The average molecular weight is 670 g/mol. The molecule has 0 aromatic heterocycles. The number of carbonyl (C=O) groups is 4. The Bertz CT molecular complexity index is 1260. The smallest absolute Gasteiger partial charge is 0.376 e. The van der Waals surface area contributed by atoms with Crippen LogP contribution in [0.5, 0.6) is 5.75 Å². The van der Waals surface area contributed by atoms with E-state index in [9.17, 15) is 28.0 Å². The van der Waals surface area contributed by atoms with Crippen molar-refractivity contribution in [2.45, 2.75) is 69.7 Å². The number of ether oxygens (including phenoxy) is 4. The van der Waals surface area contributed by atoms with E-state index in [1.54, 1.807) is 12.1 Å². The highest BCUT2D eigenvalue weighted by atomic mass is 127. The highest BCUT2D eigenvalue weighted by Crippen LogP contribution is 2.63. The number of esters is 4. The fourth-order valence-electron chi connectivity index (χ4n) is 9.05. The van der Waals surface area contributed by atoms with Gasteiger partial charge in [-0.15, -0.1) is 0 Å². The van der Waals surface area contributed by atoms with Crippen molar-refractivity contribution in [3.05, 3.63) is 27.8 Å². The van der Waals surface area contributed by atoms with Gasteiger partial charge in [0.25, 0.3) is 0 Å². The summed E-state index contributed by atoms with van der Waals surface area (Å²) >= 11 is 2.15. The van der Waals surface area contributed by atoms with Crippen molar-refractivity contribution in [1.82, 2.24) is 0 Å². The predicted octanol–water partition coefficient (Wildman–Crippen LogP) is 4.31. The van der Waals surface area contributed by atoms with Crippen LogP contribution in [-0.2, 0) is 33.4 Å². The number of carbonyl (C=O) groups excluding carboxylic acids is 4. The zero-order valence-corrected chi connectivity index (χ0v) is 23.9. The minimum atomic E-state index is -3.57. The fourth-order valence-corrected chi connectivity index (χ4v) is 9.41. The summed E-state index contributed by atoms with van der Waals surface area (Å²) < 4.78 is 50.8. The molecule has 1 aliphatic heterocycles. The molecule has 0 spiro atoms. The van der Waals surface area contributed by atoms with E-state index >= 15 is 0 Å². The monoisotopic (exact) mass is 670 g/mol. The quantitative estimate of drug-likeness (QED) is 0.191. The van der Waals surface area contributed by atoms with Crippen molar-refractivity contribution in [2.24, 2.45) is 46.8 Å². The molecule has 1 aromatic carbocycles. The Kier molecular flexibility index (Phi) is 6.04. The lowest BCUT2D eigenvalue weighted by molar-refractivity contribution is -0.212. The van der Waals surface area contributed by atoms with Gasteiger partial charge in [0.15, 0.2) is 0 Å². The van der Waals surface area contributed by atoms with Crippen LogP contribution in [0.4, 0.5) is 8.78 Å². The Morgan fingerprint density at radius 3 is 2.30 bits per heavy atom. The van der Waals surface area contributed by atoms with Crippen molar-refractivity contribution in [2.75, 3.05) is 0 Å². The van der Waals surface area contributed by atoms with E-state index in [0.29, 0.717) is 38.4 Å². The molecule has 7 fully saturated rings. The van der Waals surface area contributed by atoms with E-state index in [1.165, 1.54) is 0 Å². The first kappa shape index (κ1) is 26.6. The fraction of sp³-hybridized carbons (Fsp3) is 0.655. The predicted molar refractivity (Wildman–Crippen MR) is 140 cm³/mol. The molecule has 1 heterocycles. The maximum atomic E-state index is 13.9. The zero-order valence-electron chi connectivity index (χ0n) is 21.7. The lowest BCUT2D eigenvalue weighted by Crippen LogP contribution is -2.59. The van der Waals surface area contributed by atoms with Gasteiger partial charge < -0.3 is 18.9 Å². The number of rotatable bonds is 6. The molecule has 6 bridgehead atoms. The molecule has 0 N–H and O–H groups in total. The molecule has 8 atom stereocenters. The molecule has 0 radical (unpaired) electrons. The molecule has 0 amide bonds. The van der Waals surface area contributed by atoms with Gasteiger partial charge in [0.05, 0.1) is 17.3 Å². The van der Waals surface area contributed by atoms with Crippen molar-refractivity contribution >= 4 is 46.5 Å². The number of benzene rings is 1. The van der Waals surface area contributed by atoms with Gasteiger partial charge in [0.2, 0.25) is 0 Å². The molecule has 8 rings (SSSR count). The molecule has 11 heteroatoms. The summed E-state index contributed by atoms with van der Waals surface area (Å²) in [6.07, 6.45) is 1.47. The van der Waals surface area contributed by atoms with E-state index in [4.69, 9.17) is 18.9 Å². The molecular formula is C29H29F2IO8. The van der Waals surface area contributed by atoms with Gasteiger partial charge in [0, 0.05) is 22.3 Å². The van der Waals surface area contributed by atoms with Crippen LogP contribution in [0, 0.1) is 50.4 Å². The van der Waals surface area contributed by atoms with Gasteiger partial charge in [0.1, 0.15) is 24.1 Å². The maximum Gasteiger partial charge on any atom is 0.376 e. The third-order valence-electron chi connectivity index (χ3n) is 10.3. The van der Waals surface area contributed by atoms with Crippen LogP contribution >= 0.6 is 22.6 Å². The maximum absolute atomic E-state index is 13.9. The largest absolute Gasteiger partial charge is 0.458 e. The van der Waals surface area contributed by atoms with E-state index in [0.717, 1.165) is 16.4 Å². The Labute approximate surface area is 242 Å². The van der Waals surface area contributed by atoms with Crippen molar-refractivity contribution < 1.29 is 46.9 Å². The highest BCUT2D eigenvalue weighted by Gasteiger charge is 2.71. The second kappa shape index (κ2) is 9.09. The minimum absolute atomic E-state index is 0.185. The summed E-state index contributed by atoms with van der Waals surface area (Å²) in [6, 6.07) is 7.02. The Balaban J connectivity index is 1.08. The molecule has 6 aliphatic carbocycles. The number of hydrogen-bond acceptors (Lipinski definition) is 8. The molecule has 7 aliphatic rings. The molecule has 40 heavy (non-hydrogen) atoms. The second-order valence-electron chi connectivity index (χ2n) is 12.8. The zero-order chi connectivity index (χ0) is 28.1. The van der Waals surface area contributed by atoms with E-state index in [-0.39, 0.29) is 35.6 Å². The lowest BCUT2D eigenvalue weighted by Gasteiger charge is -2.58. The first-order chi connectivity index (χ1) is 18.9. The molecule has 6 saturated carbocycles. The van der Waals surface area contributed by atoms with Gasteiger partial charge in [-0.1, -0.05) is 0 Å². The van der Waals surface area contributed by atoms with Gasteiger partial charge in [-0.05, 0) is 103 Å². The molecule has 1 aromatic rings. The normalized spacial score (nSPS) is 42.0. The Hall–Kier alpha value is -2.31. The molecule has 8 nitrogen and oxygen atoms in total. The third-order valence-corrected chi connectivity index (χ3v) is 11.0. The Morgan fingerprint density at radius 2 is 1.65 bits per heavy atom. The van der Waals surface area contributed by atoms with Crippen LogP contribution in [0.2, 0.25) is 0 Å². The molecule has 8 unspecified atom stereocenters. The number of alkyl halides is 2. The van der Waals surface area contributed by atoms with Gasteiger partial charge in [-0.2, -0.15) is 8.78 Å². The highest BCUT2D eigenvalue weighted by molar-refractivity contribution is 14.1. The summed E-state index contributed by atoms with van der Waals surface area (Å²) in [6.45, 7) is 0.531. The molecular weight excluding hydrogens is 641 g/mol. The first-order valence-electron chi connectivity index (χ1n) is 13.9. The molecule has 214 valence electrons. The van der Waals surface area contributed by atoms with E-state index < -0.39 is 59.4 Å². The summed E-state index contributed by atoms with van der Waals surface area (Å²) in [7, 11) is 0. The van der Waals surface area contributed by atoms with Gasteiger partial charge in [-0.3, -0.25) is 14.4 Å². The number of halogens is 3. The minimum Gasteiger partial charge on any atom is -0.458 e. The lowest BCUT2D eigenvalue weighted by atomic mass is 9.48. The van der Waals surface area contributed by atoms with Crippen molar-refractivity contribution in [3.8, 4) is 5.75 Å². The SMILES string of the molecule is CC(F)(F)C(=O)OC1C2CC3CC1CC(C(=O)OC1C4CC5C1OC(=O)C5C4C(=O)Oc1ccc(I)cc1)(C3)C2. The van der Waals surface area contributed by atoms with Crippen LogP contribution < -0.4 is 4.74 Å². The Morgan fingerprint density at radius 1 is 0.975 bits per heavy atom. The second-order valence-corrected chi connectivity index (χ2v) is 14.0. The van der Waals surface area contributed by atoms with E-state index in [2.05, 4.69) is 22.6 Å². The topological polar surface area (TPSA) is 105 Å². The van der Waals surface area contributed by atoms with Gasteiger partial charge >= 0.3 is 29.8 Å². The first-order valence-corrected chi connectivity index (χ1v) is 15.0. The molecule has 1 saturated heterocycles. The van der Waals surface area contributed by atoms with Gasteiger partial charge in [-0.25, -0.2) is 4.79 Å². The van der Waals surface area contributed by atoms with Crippen LogP contribution in [0.15, 0.2) is 24.3 Å². The summed E-state index contributed by atoms with van der Waals surface area (Å²) in [5, 5.41) is 0. The number of hydrogen-bond donors (Lipinski definition) is 0. The summed E-state index contributed by atoms with van der Waals surface area (Å²) in [5.41, 5.74) is -0.796. The van der Waals surface area contributed by atoms with Crippen LogP contribution in [0.25, 0.3) is 0 Å². The summed E-state index contributed by atoms with van der Waals surface area (Å²) in [5.74, 6) is -8.17. The average Bonchev–Trinajstić information content (AvgIpc) is 3.50. The summed E-state index contributed by atoms with van der Waals surface area (Å²) in [4.78, 5) is 51.9. The van der Waals surface area contributed by atoms with Crippen LogP contribution in [0.1, 0.15) is 45.4 Å². The van der Waals surface area contributed by atoms with E-state index in [1.807, 2.05) is 12.1 Å². The third kappa shape index (κ3) is 4.07. The van der Waals surface area contributed by atoms with Crippen molar-refractivity contribution in [1.29, 1.82) is 0 Å². The standard InChI is InChI=1S/C29H29F2IO8/c1-28(30,31)26(35)39-21-13-6-12-7-14(21)11-29(9-12,10-13)27(36)40-23-18-8-17-20(25(34)38-22(17)23)19(18)24(33)37-16-4-2-15(32)3-5-16/h2-5,12-14,17-23H,6-11H2,1H3. The van der Waals surface area contributed by atoms with Crippen LogP contribution in [0.3, 0.4) is 0 Å². The van der Waals surface area contributed by atoms with Crippen LogP contribution in [-0.4, -0.2) is 48.1 Å². The number of fused-ring (bicyclic) bond motifs is 1. The van der Waals surface area contributed by atoms with Crippen molar-refractivity contribution in [3.63, 3.8) is 0 Å².